The quantitative estimate of drug-likeness (QED) is 0.220. The largest absolute Gasteiger partial charge is 0.491 e. The molecule has 0 heterocycles. The van der Waals surface area contributed by atoms with E-state index in [1.165, 1.54) is 29.3 Å². The minimum Gasteiger partial charge on any atom is -0.491 e. The van der Waals surface area contributed by atoms with Crippen LogP contribution < -0.4 is 15.6 Å². The molecule has 0 aliphatic carbocycles. The minimum absolute atomic E-state index is 0.0929. The number of benzene rings is 3. The standard InChI is InChI=1S/C29H29N3O5/c1-2-25(21-37-26-17-15-24(16-18-26)29(35)31-36)32(28(34)20-14-23-11-7-4-8-12-23)30-27(33)19-13-22-9-5-3-6-10-22/h3-20,25,36H,2,21H2,1H3,(H,30,33)(H,31,35)/b19-13?,20-14+/t25-/m1/s1. The fourth-order valence-corrected chi connectivity index (χ4v) is 3.36. The lowest BCUT2D eigenvalue weighted by Gasteiger charge is -2.30. The van der Waals surface area contributed by atoms with Crippen molar-refractivity contribution in [2.24, 2.45) is 0 Å². The van der Waals surface area contributed by atoms with Crippen molar-refractivity contribution in [3.05, 3.63) is 114 Å². The van der Waals surface area contributed by atoms with E-state index in [0.717, 1.165) is 11.1 Å². The van der Waals surface area contributed by atoms with Gasteiger partial charge in [-0.15, -0.1) is 0 Å². The van der Waals surface area contributed by atoms with Crippen molar-refractivity contribution in [3.63, 3.8) is 0 Å². The van der Waals surface area contributed by atoms with E-state index in [9.17, 15) is 14.4 Å². The highest BCUT2D eigenvalue weighted by Gasteiger charge is 2.23. The zero-order valence-corrected chi connectivity index (χ0v) is 20.4. The highest BCUT2D eigenvalue weighted by molar-refractivity contribution is 5.96. The van der Waals surface area contributed by atoms with Crippen LogP contribution in [-0.2, 0) is 9.59 Å². The number of carbonyl (C=O) groups excluding carboxylic acids is 3. The SMILES string of the molecule is CC[C@H](COc1ccc(C(=O)NO)cc1)N(NC(=O)C=Cc1ccccc1)C(=O)/C=C/c1ccccc1. The molecule has 0 unspecified atom stereocenters. The van der Waals surface area contributed by atoms with E-state index >= 15 is 0 Å². The summed E-state index contributed by atoms with van der Waals surface area (Å²) in [6.45, 7) is 1.98. The Kier molecular flexibility index (Phi) is 10.2. The molecule has 0 aromatic heterocycles. The Morgan fingerprint density at radius 2 is 1.43 bits per heavy atom. The van der Waals surface area contributed by atoms with Crippen molar-refractivity contribution in [2.75, 3.05) is 6.61 Å². The summed E-state index contributed by atoms with van der Waals surface area (Å²) < 4.78 is 5.85. The van der Waals surface area contributed by atoms with Crippen LogP contribution in [0.25, 0.3) is 12.2 Å². The number of hydrazine groups is 1. The van der Waals surface area contributed by atoms with Gasteiger partial charge in [0.2, 0.25) is 0 Å². The van der Waals surface area contributed by atoms with Crippen LogP contribution in [-0.4, -0.2) is 40.6 Å². The average Bonchev–Trinajstić information content (AvgIpc) is 2.95. The van der Waals surface area contributed by atoms with Crippen LogP contribution in [0.2, 0.25) is 0 Å². The van der Waals surface area contributed by atoms with E-state index < -0.39 is 23.8 Å². The van der Waals surface area contributed by atoms with Gasteiger partial charge in [0.25, 0.3) is 17.7 Å². The molecule has 37 heavy (non-hydrogen) atoms. The molecule has 0 aliphatic heterocycles. The summed E-state index contributed by atoms with van der Waals surface area (Å²) in [5.74, 6) is -1.03. The van der Waals surface area contributed by atoms with Gasteiger partial charge in [0.15, 0.2) is 0 Å². The Labute approximate surface area is 215 Å². The van der Waals surface area contributed by atoms with Crippen LogP contribution in [0.15, 0.2) is 97.1 Å². The molecular formula is C29H29N3O5. The molecule has 190 valence electrons. The first-order chi connectivity index (χ1) is 18.0. The Hall–Kier alpha value is -4.69. The smallest absolute Gasteiger partial charge is 0.274 e. The molecule has 3 aromatic carbocycles. The number of hydroxylamine groups is 1. The van der Waals surface area contributed by atoms with Gasteiger partial charge in [-0.3, -0.25) is 25.0 Å². The molecule has 3 aromatic rings. The Morgan fingerprint density at radius 1 is 0.865 bits per heavy atom. The lowest BCUT2D eigenvalue weighted by atomic mass is 10.2. The van der Waals surface area contributed by atoms with Crippen molar-refractivity contribution in [1.82, 2.24) is 15.9 Å². The van der Waals surface area contributed by atoms with Crippen molar-refractivity contribution < 1.29 is 24.3 Å². The number of nitrogens with one attached hydrogen (secondary N) is 2. The van der Waals surface area contributed by atoms with Gasteiger partial charge in [-0.1, -0.05) is 67.6 Å². The molecule has 0 saturated carbocycles. The van der Waals surface area contributed by atoms with Crippen LogP contribution >= 0.6 is 0 Å². The Bertz CT molecular complexity index is 1230. The first-order valence-electron chi connectivity index (χ1n) is 11.8. The summed E-state index contributed by atoms with van der Waals surface area (Å²) in [6.07, 6.45) is 6.62. The Morgan fingerprint density at radius 3 is 1.97 bits per heavy atom. The fraction of sp³-hybridized carbons (Fsp3) is 0.138. The van der Waals surface area contributed by atoms with Gasteiger partial charge in [-0.25, -0.2) is 10.5 Å². The lowest BCUT2D eigenvalue weighted by Crippen LogP contribution is -2.52. The molecule has 0 saturated heterocycles. The lowest BCUT2D eigenvalue weighted by molar-refractivity contribution is -0.139. The monoisotopic (exact) mass is 499 g/mol. The molecule has 0 radical (unpaired) electrons. The summed E-state index contributed by atoms with van der Waals surface area (Å²) in [5, 5.41) is 10.0. The van der Waals surface area contributed by atoms with Gasteiger partial charge < -0.3 is 4.74 Å². The zero-order valence-electron chi connectivity index (χ0n) is 20.4. The van der Waals surface area contributed by atoms with Crippen LogP contribution in [0.1, 0.15) is 34.8 Å². The topological polar surface area (TPSA) is 108 Å². The molecule has 8 heteroatoms. The minimum atomic E-state index is -0.633. The first kappa shape index (κ1) is 26.9. The molecular weight excluding hydrogens is 470 g/mol. The zero-order chi connectivity index (χ0) is 26.5. The van der Waals surface area contributed by atoms with Gasteiger partial charge in [-0.05, 0) is 54.0 Å². The summed E-state index contributed by atoms with van der Waals surface area (Å²) in [6, 6.07) is 24.4. The molecule has 1 atom stereocenters. The number of rotatable bonds is 10. The first-order valence-corrected chi connectivity index (χ1v) is 11.8. The summed E-state index contributed by atoms with van der Waals surface area (Å²) in [4.78, 5) is 37.4. The number of amides is 3. The van der Waals surface area contributed by atoms with Crippen molar-refractivity contribution in [3.8, 4) is 5.75 Å². The van der Waals surface area contributed by atoms with E-state index in [4.69, 9.17) is 9.94 Å². The molecule has 3 amide bonds. The second kappa shape index (κ2) is 14.0. The van der Waals surface area contributed by atoms with E-state index in [2.05, 4.69) is 5.43 Å². The van der Waals surface area contributed by atoms with Crippen LogP contribution in [0.5, 0.6) is 5.75 Å². The van der Waals surface area contributed by atoms with Crippen molar-refractivity contribution >= 4 is 29.9 Å². The third kappa shape index (κ3) is 8.48. The summed E-state index contributed by atoms with van der Waals surface area (Å²) in [7, 11) is 0. The second-order valence-corrected chi connectivity index (χ2v) is 8.01. The summed E-state index contributed by atoms with van der Waals surface area (Å²) >= 11 is 0. The van der Waals surface area contributed by atoms with Crippen LogP contribution in [0.4, 0.5) is 0 Å². The maximum atomic E-state index is 13.2. The molecule has 3 N–H and O–H groups in total. The van der Waals surface area contributed by atoms with Crippen LogP contribution in [0, 0.1) is 0 Å². The molecule has 8 nitrogen and oxygen atoms in total. The highest BCUT2D eigenvalue weighted by atomic mass is 16.5. The second-order valence-electron chi connectivity index (χ2n) is 8.01. The third-order valence-electron chi connectivity index (χ3n) is 5.41. The van der Waals surface area contributed by atoms with E-state index in [0.29, 0.717) is 12.2 Å². The summed E-state index contributed by atoms with van der Waals surface area (Å²) in [5.41, 5.74) is 6.23. The average molecular weight is 500 g/mol. The van der Waals surface area contributed by atoms with Gasteiger partial charge in [0, 0.05) is 17.7 Å². The Balaban J connectivity index is 1.74. The van der Waals surface area contributed by atoms with E-state index in [1.807, 2.05) is 67.6 Å². The van der Waals surface area contributed by atoms with E-state index in [1.54, 1.807) is 29.8 Å². The molecule has 0 bridgehead atoms. The predicted molar refractivity (Wildman–Crippen MR) is 141 cm³/mol. The van der Waals surface area contributed by atoms with Gasteiger partial charge in [0.1, 0.15) is 12.4 Å². The molecule has 0 aliphatic rings. The van der Waals surface area contributed by atoms with Gasteiger partial charge >= 0.3 is 0 Å². The van der Waals surface area contributed by atoms with Gasteiger partial charge in [-0.2, -0.15) is 0 Å². The highest BCUT2D eigenvalue weighted by Crippen LogP contribution is 2.15. The maximum absolute atomic E-state index is 13.2. The molecule has 0 spiro atoms. The molecule has 0 fully saturated rings. The van der Waals surface area contributed by atoms with E-state index in [-0.39, 0.29) is 12.2 Å². The molecule has 3 rings (SSSR count). The van der Waals surface area contributed by atoms with Crippen molar-refractivity contribution in [1.29, 1.82) is 0 Å². The number of ether oxygens (including phenoxy) is 1. The predicted octanol–water partition coefficient (Wildman–Crippen LogP) is 4.25. The maximum Gasteiger partial charge on any atom is 0.274 e. The number of carbonyl (C=O) groups is 3. The number of nitrogens with zero attached hydrogens (tertiary/aromatic N) is 1. The third-order valence-corrected chi connectivity index (χ3v) is 5.41. The number of hydrogen-bond acceptors (Lipinski definition) is 5. The number of hydrogen-bond donors (Lipinski definition) is 3. The fourth-order valence-electron chi connectivity index (χ4n) is 3.36. The normalized spacial score (nSPS) is 11.7. The van der Waals surface area contributed by atoms with Crippen molar-refractivity contribution in [2.45, 2.75) is 19.4 Å². The van der Waals surface area contributed by atoms with Crippen LogP contribution in [0.3, 0.4) is 0 Å². The van der Waals surface area contributed by atoms with Gasteiger partial charge in [0.05, 0.1) is 6.04 Å².